The van der Waals surface area contributed by atoms with Crippen LogP contribution in [-0.4, -0.2) is 11.3 Å². The van der Waals surface area contributed by atoms with Gasteiger partial charge < -0.3 is 0 Å². The van der Waals surface area contributed by atoms with E-state index in [9.17, 15) is 0 Å². The Morgan fingerprint density at radius 2 is 1.80 bits per heavy atom. The minimum absolute atomic E-state index is 0. The van der Waals surface area contributed by atoms with Crippen molar-refractivity contribution in [2.24, 2.45) is 17.3 Å². The van der Waals surface area contributed by atoms with E-state index in [2.05, 4.69) is 41.5 Å². The van der Waals surface area contributed by atoms with Gasteiger partial charge in [-0.2, -0.15) is 0 Å². The van der Waals surface area contributed by atoms with Gasteiger partial charge in [0.05, 0.1) is 0 Å². The fraction of sp³-hybridized carbons (Fsp3) is 1.00. The van der Waals surface area contributed by atoms with Crippen molar-refractivity contribution in [2.45, 2.75) is 59.5 Å². The highest BCUT2D eigenvalue weighted by atomic mass is 35.5. The summed E-state index contributed by atoms with van der Waals surface area (Å²) in [6, 6.07) is 0. The first-order valence-corrected chi connectivity index (χ1v) is 7.25. The standard InChI is InChI=1S/C13H27P.ClH/c1-10(2)7-8-14-13(6)9-11(3)12(13,4)5;/h10-11,14H,7-9H2,1-6H3;1H. The molecule has 1 saturated carbocycles. The second-order valence-corrected chi connectivity index (χ2v) is 8.23. The molecule has 1 aliphatic rings. The molecule has 3 atom stereocenters. The third-order valence-corrected chi connectivity index (χ3v) is 6.77. The molecule has 1 aliphatic carbocycles. The highest BCUT2D eigenvalue weighted by Crippen LogP contribution is 2.63. The Morgan fingerprint density at radius 3 is 2.13 bits per heavy atom. The van der Waals surface area contributed by atoms with E-state index in [4.69, 9.17) is 0 Å². The van der Waals surface area contributed by atoms with Gasteiger partial charge in [-0.1, -0.05) is 41.5 Å². The van der Waals surface area contributed by atoms with Crippen LogP contribution >= 0.6 is 21.0 Å². The van der Waals surface area contributed by atoms with Crippen molar-refractivity contribution in [3.8, 4) is 0 Å². The van der Waals surface area contributed by atoms with Crippen molar-refractivity contribution >= 4 is 21.0 Å². The average Bonchev–Trinajstić information content (AvgIpc) is 2.03. The molecule has 0 aromatic carbocycles. The SMILES string of the molecule is CC(C)CCPC1(C)CC(C)C1(C)C.Cl. The quantitative estimate of drug-likeness (QED) is 0.619. The molecule has 3 unspecified atom stereocenters. The molecule has 1 fully saturated rings. The minimum Gasteiger partial charge on any atom is -0.147 e. The van der Waals surface area contributed by atoms with Crippen LogP contribution in [0.5, 0.6) is 0 Å². The van der Waals surface area contributed by atoms with Crippen LogP contribution in [0.25, 0.3) is 0 Å². The van der Waals surface area contributed by atoms with Gasteiger partial charge in [-0.3, -0.25) is 0 Å². The lowest BCUT2D eigenvalue weighted by Crippen LogP contribution is -2.54. The van der Waals surface area contributed by atoms with Crippen molar-refractivity contribution in [2.75, 3.05) is 6.16 Å². The predicted octanol–water partition coefficient (Wildman–Crippen LogP) is 4.96. The lowest BCUT2D eigenvalue weighted by atomic mass is 9.55. The van der Waals surface area contributed by atoms with Gasteiger partial charge in [-0.05, 0) is 41.4 Å². The first-order chi connectivity index (χ1) is 6.29. The Hall–Kier alpha value is 0.720. The fourth-order valence-electron chi connectivity index (χ4n) is 2.48. The zero-order valence-electron chi connectivity index (χ0n) is 11.2. The monoisotopic (exact) mass is 250 g/mol. The highest BCUT2D eigenvalue weighted by molar-refractivity contribution is 7.40. The Morgan fingerprint density at radius 1 is 1.27 bits per heavy atom. The molecule has 0 saturated heterocycles. The summed E-state index contributed by atoms with van der Waals surface area (Å²) in [5.74, 6) is 1.81. The highest BCUT2D eigenvalue weighted by Gasteiger charge is 2.53. The van der Waals surface area contributed by atoms with Crippen LogP contribution in [0.1, 0.15) is 54.4 Å². The largest absolute Gasteiger partial charge is 0.147 e. The molecule has 0 spiro atoms. The third kappa shape index (κ3) is 3.10. The van der Waals surface area contributed by atoms with Crippen LogP contribution in [0, 0.1) is 17.3 Å². The zero-order chi connectivity index (χ0) is 11.0. The van der Waals surface area contributed by atoms with Gasteiger partial charge in [0.2, 0.25) is 0 Å². The number of hydrogen-bond acceptors (Lipinski definition) is 0. The molecule has 0 radical (unpaired) electrons. The lowest BCUT2D eigenvalue weighted by molar-refractivity contribution is 0.0331. The molecular weight excluding hydrogens is 223 g/mol. The molecule has 0 aliphatic heterocycles. The lowest BCUT2D eigenvalue weighted by Gasteiger charge is -2.60. The summed E-state index contributed by atoms with van der Waals surface area (Å²) < 4.78 is 0. The summed E-state index contributed by atoms with van der Waals surface area (Å²) in [6.07, 6.45) is 4.32. The first-order valence-electron chi connectivity index (χ1n) is 6.04. The van der Waals surface area contributed by atoms with Gasteiger partial charge >= 0.3 is 0 Å². The van der Waals surface area contributed by atoms with Gasteiger partial charge in [-0.25, -0.2) is 0 Å². The summed E-state index contributed by atoms with van der Waals surface area (Å²) in [4.78, 5) is 0. The Balaban J connectivity index is 0.00000196. The van der Waals surface area contributed by atoms with E-state index >= 15 is 0 Å². The second-order valence-electron chi connectivity index (χ2n) is 6.27. The van der Waals surface area contributed by atoms with Crippen LogP contribution in [-0.2, 0) is 0 Å². The number of hydrogen-bond donors (Lipinski definition) is 0. The van der Waals surface area contributed by atoms with Gasteiger partial charge in [0.1, 0.15) is 0 Å². The van der Waals surface area contributed by atoms with Gasteiger partial charge in [-0.15, -0.1) is 21.0 Å². The molecule has 2 heteroatoms. The molecule has 0 aromatic rings. The Labute approximate surface area is 104 Å². The van der Waals surface area contributed by atoms with Crippen molar-refractivity contribution in [1.82, 2.24) is 0 Å². The van der Waals surface area contributed by atoms with E-state index in [1.54, 1.807) is 0 Å². The molecule has 0 bridgehead atoms. The van der Waals surface area contributed by atoms with E-state index in [-0.39, 0.29) is 12.4 Å². The van der Waals surface area contributed by atoms with Crippen molar-refractivity contribution < 1.29 is 0 Å². The summed E-state index contributed by atoms with van der Waals surface area (Å²) in [5, 5.41) is 0.654. The van der Waals surface area contributed by atoms with Gasteiger partial charge in [0.15, 0.2) is 0 Å². The molecule has 92 valence electrons. The van der Waals surface area contributed by atoms with Crippen LogP contribution in [0.4, 0.5) is 0 Å². The van der Waals surface area contributed by atoms with Gasteiger partial charge in [0.25, 0.3) is 0 Å². The molecule has 0 N–H and O–H groups in total. The van der Waals surface area contributed by atoms with E-state index in [1.807, 2.05) is 0 Å². The summed E-state index contributed by atoms with van der Waals surface area (Å²) in [7, 11) is 1.18. The van der Waals surface area contributed by atoms with E-state index in [0.717, 1.165) is 11.8 Å². The normalized spacial score (nSPS) is 34.2. The maximum Gasteiger partial charge on any atom is -0.00938 e. The molecule has 0 heterocycles. The zero-order valence-corrected chi connectivity index (χ0v) is 13.0. The second kappa shape index (κ2) is 5.37. The van der Waals surface area contributed by atoms with E-state index < -0.39 is 0 Å². The Bertz CT molecular complexity index is 201. The Kier molecular flexibility index (Phi) is 5.63. The van der Waals surface area contributed by atoms with Crippen molar-refractivity contribution in [1.29, 1.82) is 0 Å². The molecule has 15 heavy (non-hydrogen) atoms. The maximum absolute atomic E-state index is 2.51. The number of halogens is 1. The molecular formula is C13H28ClP. The van der Waals surface area contributed by atoms with E-state index in [0.29, 0.717) is 10.6 Å². The first kappa shape index (κ1) is 15.7. The number of rotatable bonds is 4. The molecule has 1 rings (SSSR count). The fourth-order valence-corrected chi connectivity index (χ4v) is 4.91. The minimum atomic E-state index is 0. The van der Waals surface area contributed by atoms with Crippen molar-refractivity contribution in [3.05, 3.63) is 0 Å². The topological polar surface area (TPSA) is 0 Å². The van der Waals surface area contributed by atoms with Gasteiger partial charge in [0, 0.05) is 0 Å². The van der Waals surface area contributed by atoms with Crippen LogP contribution in [0.3, 0.4) is 0 Å². The summed E-state index contributed by atoms with van der Waals surface area (Å²) in [5.41, 5.74) is 0.586. The van der Waals surface area contributed by atoms with Crippen LogP contribution in [0.2, 0.25) is 0 Å². The summed E-state index contributed by atoms with van der Waals surface area (Å²) >= 11 is 0. The maximum atomic E-state index is 2.51. The van der Waals surface area contributed by atoms with Crippen molar-refractivity contribution in [3.63, 3.8) is 0 Å². The molecule has 0 aromatic heterocycles. The van der Waals surface area contributed by atoms with Crippen LogP contribution < -0.4 is 0 Å². The third-order valence-electron chi connectivity index (χ3n) is 4.61. The van der Waals surface area contributed by atoms with E-state index in [1.165, 1.54) is 27.6 Å². The predicted molar refractivity (Wildman–Crippen MR) is 75.9 cm³/mol. The van der Waals surface area contributed by atoms with Crippen LogP contribution in [0.15, 0.2) is 0 Å². The molecule has 0 amide bonds. The average molecular weight is 251 g/mol. The molecule has 0 nitrogen and oxygen atoms in total. The summed E-state index contributed by atoms with van der Waals surface area (Å²) in [6.45, 7) is 14.5. The smallest absolute Gasteiger partial charge is 0.00938 e.